The highest BCUT2D eigenvalue weighted by Gasteiger charge is 2.44. The van der Waals surface area contributed by atoms with Gasteiger partial charge in [-0.1, -0.05) is 173 Å². The third kappa shape index (κ3) is 28.3. The van der Waals surface area contributed by atoms with Gasteiger partial charge in [-0.3, -0.25) is 4.79 Å². The van der Waals surface area contributed by atoms with Gasteiger partial charge in [-0.15, -0.1) is 0 Å². The molecule has 1 saturated heterocycles. The van der Waals surface area contributed by atoms with Crippen LogP contribution in [0.3, 0.4) is 0 Å². The van der Waals surface area contributed by atoms with Gasteiger partial charge in [0.1, 0.15) is 36.6 Å². The van der Waals surface area contributed by atoms with Crippen molar-refractivity contribution < 1.29 is 50.0 Å². The number of amides is 1. The lowest BCUT2D eigenvalue weighted by Crippen LogP contribution is -2.60. The van der Waals surface area contributed by atoms with Crippen LogP contribution in [0.2, 0.25) is 0 Å². The smallest absolute Gasteiger partial charge is 0.249 e. The van der Waals surface area contributed by atoms with Crippen molar-refractivity contribution in [3.8, 4) is 0 Å². The Bertz CT molecular complexity index is 1030. The highest BCUT2D eigenvalue weighted by atomic mass is 16.7. The number of carbonyl (C=O) groups is 1. The fourth-order valence-electron chi connectivity index (χ4n) is 7.85. The summed E-state index contributed by atoms with van der Waals surface area (Å²) in [5.41, 5.74) is 0. The van der Waals surface area contributed by atoms with Crippen molar-refractivity contribution in [2.45, 2.75) is 268 Å². The van der Waals surface area contributed by atoms with E-state index in [9.17, 15) is 40.5 Å². The van der Waals surface area contributed by atoms with Gasteiger partial charge in [0, 0.05) is 0 Å². The van der Waals surface area contributed by atoms with Gasteiger partial charge in [0.15, 0.2) is 6.29 Å². The number of carbonyl (C=O) groups excluding carboxylic acids is 1. The number of hydrogen-bond acceptors (Lipinski definition) is 10. The Kier molecular flexibility index (Phi) is 37.0. The number of allylic oxidation sites excluding steroid dienone is 4. The zero-order valence-electron chi connectivity index (χ0n) is 38.2. The Labute approximate surface area is 365 Å². The molecule has 8 N–H and O–H groups in total. The summed E-state index contributed by atoms with van der Waals surface area (Å²) in [5, 5.41) is 75.6. The molecule has 9 atom stereocenters. The average Bonchev–Trinajstić information content (AvgIpc) is 3.25. The molecule has 0 bridgehead atoms. The second-order valence-corrected chi connectivity index (χ2v) is 17.5. The van der Waals surface area contributed by atoms with Crippen LogP contribution in [0, 0.1) is 0 Å². The summed E-state index contributed by atoms with van der Waals surface area (Å²) in [6, 6.07) is -1.18. The molecule has 1 rings (SSSR count). The summed E-state index contributed by atoms with van der Waals surface area (Å²) in [7, 11) is 0. The zero-order valence-corrected chi connectivity index (χ0v) is 38.2. The maximum Gasteiger partial charge on any atom is 0.249 e. The molecule has 0 aromatic heterocycles. The first-order chi connectivity index (χ1) is 29.2. The molecule has 11 heteroatoms. The molecule has 1 aliphatic rings. The number of aliphatic hydroxyl groups excluding tert-OH is 7. The second-order valence-electron chi connectivity index (χ2n) is 17.5. The Morgan fingerprint density at radius 3 is 1.43 bits per heavy atom. The summed E-state index contributed by atoms with van der Waals surface area (Å²) < 4.78 is 11.1. The molecular formula is C49H93NO10. The van der Waals surface area contributed by atoms with E-state index in [0.717, 1.165) is 57.8 Å². The van der Waals surface area contributed by atoms with E-state index in [4.69, 9.17) is 9.47 Å². The van der Waals surface area contributed by atoms with Gasteiger partial charge in [0.25, 0.3) is 0 Å². The molecule has 0 spiro atoms. The van der Waals surface area contributed by atoms with Gasteiger partial charge in [-0.25, -0.2) is 0 Å². The van der Waals surface area contributed by atoms with Crippen molar-refractivity contribution in [1.29, 1.82) is 0 Å². The highest BCUT2D eigenvalue weighted by molar-refractivity contribution is 5.80. The van der Waals surface area contributed by atoms with Gasteiger partial charge < -0.3 is 50.5 Å². The molecule has 0 aliphatic carbocycles. The van der Waals surface area contributed by atoms with E-state index < -0.39 is 74.2 Å². The van der Waals surface area contributed by atoms with Gasteiger partial charge >= 0.3 is 0 Å². The van der Waals surface area contributed by atoms with Gasteiger partial charge in [0.05, 0.1) is 25.4 Å². The highest BCUT2D eigenvalue weighted by Crippen LogP contribution is 2.23. The molecule has 1 aliphatic heterocycles. The molecule has 0 radical (unpaired) electrons. The minimum absolute atomic E-state index is 0.248. The van der Waals surface area contributed by atoms with Crippen LogP contribution in [-0.2, 0) is 14.3 Å². The van der Waals surface area contributed by atoms with Crippen LogP contribution in [0.5, 0.6) is 0 Å². The van der Waals surface area contributed by atoms with Crippen molar-refractivity contribution >= 4 is 5.91 Å². The van der Waals surface area contributed by atoms with E-state index in [1.54, 1.807) is 0 Å². The number of aliphatic hydroxyl groups is 7. The maximum absolute atomic E-state index is 13.1. The number of hydrogen-bond donors (Lipinski definition) is 8. The first-order valence-corrected chi connectivity index (χ1v) is 24.7. The Balaban J connectivity index is 2.37. The van der Waals surface area contributed by atoms with E-state index in [2.05, 4.69) is 43.5 Å². The van der Waals surface area contributed by atoms with Crippen LogP contribution in [0.1, 0.15) is 213 Å². The first-order valence-electron chi connectivity index (χ1n) is 24.7. The zero-order chi connectivity index (χ0) is 44.1. The fraction of sp³-hybridized carbons (Fsp3) is 0.898. The van der Waals surface area contributed by atoms with Crippen LogP contribution < -0.4 is 5.32 Å². The standard InChI is InChI=1S/C49H93NO10/c1-3-5-7-9-11-13-15-16-17-18-19-20-21-22-23-24-25-27-29-31-33-35-37-42(53)48(58)50-40(39-59-49-47(57)46(56)45(55)43(38-51)60-49)44(54)41(52)36-34-32-30-28-26-14-12-10-8-6-4-2/h22-23,28,30,40-47,49,51-57H,3-21,24-27,29,31-39H2,1-2H3,(H,50,58)/b23-22-,30-28+. The summed E-state index contributed by atoms with van der Waals surface area (Å²) in [5.74, 6) is -0.712. The summed E-state index contributed by atoms with van der Waals surface area (Å²) in [4.78, 5) is 13.1. The number of nitrogens with one attached hydrogen (secondary N) is 1. The first kappa shape index (κ1) is 56.6. The Morgan fingerprint density at radius 2 is 0.983 bits per heavy atom. The van der Waals surface area contributed by atoms with E-state index in [1.807, 2.05) is 0 Å². The summed E-state index contributed by atoms with van der Waals surface area (Å²) in [6.45, 7) is 3.41. The average molecular weight is 856 g/mol. The van der Waals surface area contributed by atoms with Crippen LogP contribution in [-0.4, -0.2) is 110 Å². The van der Waals surface area contributed by atoms with Gasteiger partial charge in [0.2, 0.25) is 5.91 Å². The predicted molar refractivity (Wildman–Crippen MR) is 242 cm³/mol. The number of ether oxygens (including phenoxy) is 2. The van der Waals surface area contributed by atoms with Gasteiger partial charge in [-0.05, 0) is 64.2 Å². The molecule has 1 amide bonds. The lowest BCUT2D eigenvalue weighted by molar-refractivity contribution is -0.303. The minimum Gasteiger partial charge on any atom is -0.394 e. The summed E-state index contributed by atoms with van der Waals surface area (Å²) >= 11 is 0. The Morgan fingerprint density at radius 1 is 0.567 bits per heavy atom. The monoisotopic (exact) mass is 856 g/mol. The lowest BCUT2D eigenvalue weighted by Gasteiger charge is -2.40. The molecule has 11 nitrogen and oxygen atoms in total. The molecular weight excluding hydrogens is 763 g/mol. The number of rotatable bonds is 41. The maximum atomic E-state index is 13.1. The third-order valence-corrected chi connectivity index (χ3v) is 12.0. The SMILES string of the molecule is CCCCCCCC/C=C/CCCC(O)C(O)C(COC1OC(CO)C(O)C(O)C1O)NC(=O)C(O)CCCCCCCC/C=C\CCCCCCCCCCCCCC. The summed E-state index contributed by atoms with van der Waals surface area (Å²) in [6.07, 6.45) is 32.4. The van der Waals surface area contributed by atoms with E-state index in [0.29, 0.717) is 12.8 Å². The predicted octanol–water partition coefficient (Wildman–Crippen LogP) is 8.62. The molecule has 9 unspecified atom stereocenters. The van der Waals surface area contributed by atoms with Crippen LogP contribution in [0.15, 0.2) is 24.3 Å². The molecule has 1 fully saturated rings. The van der Waals surface area contributed by atoms with Crippen molar-refractivity contribution in [3.05, 3.63) is 24.3 Å². The van der Waals surface area contributed by atoms with Gasteiger partial charge in [-0.2, -0.15) is 0 Å². The number of unbranched alkanes of at least 4 members (excludes halogenated alkanes) is 25. The topological polar surface area (TPSA) is 189 Å². The molecule has 0 aromatic rings. The molecule has 0 saturated carbocycles. The minimum atomic E-state index is -1.67. The largest absolute Gasteiger partial charge is 0.394 e. The van der Waals surface area contributed by atoms with E-state index in [-0.39, 0.29) is 12.8 Å². The molecule has 0 aromatic carbocycles. The van der Waals surface area contributed by atoms with Crippen LogP contribution in [0.25, 0.3) is 0 Å². The normalized spacial score (nSPS) is 21.8. The lowest BCUT2D eigenvalue weighted by atomic mass is 9.98. The third-order valence-electron chi connectivity index (χ3n) is 12.0. The van der Waals surface area contributed by atoms with E-state index >= 15 is 0 Å². The van der Waals surface area contributed by atoms with Crippen molar-refractivity contribution in [2.24, 2.45) is 0 Å². The molecule has 60 heavy (non-hydrogen) atoms. The quantitative estimate of drug-likeness (QED) is 0.0218. The van der Waals surface area contributed by atoms with Crippen molar-refractivity contribution in [2.75, 3.05) is 13.2 Å². The van der Waals surface area contributed by atoms with Crippen LogP contribution in [0.4, 0.5) is 0 Å². The Hall–Kier alpha value is -1.41. The van der Waals surface area contributed by atoms with Crippen molar-refractivity contribution in [3.63, 3.8) is 0 Å². The van der Waals surface area contributed by atoms with Crippen molar-refractivity contribution in [1.82, 2.24) is 5.32 Å². The molecule has 1 heterocycles. The van der Waals surface area contributed by atoms with Crippen LogP contribution >= 0.6 is 0 Å². The second kappa shape index (κ2) is 39.2. The molecule has 354 valence electrons. The van der Waals surface area contributed by atoms with E-state index in [1.165, 1.54) is 116 Å². The fourth-order valence-corrected chi connectivity index (χ4v) is 7.85.